The number of amides is 1. The molecule has 1 atom stereocenters. The SMILES string of the molecule is C[C@]1(NC(=O)c2nc(-c3ccccc3)n(-c3ccccc3)n2)CCS(=O)(=O)C1. The van der Waals surface area contributed by atoms with E-state index in [1.54, 1.807) is 11.6 Å². The zero-order chi connectivity index (χ0) is 19.8. The topological polar surface area (TPSA) is 93.9 Å². The predicted molar refractivity (Wildman–Crippen MR) is 106 cm³/mol. The molecule has 1 saturated heterocycles. The number of aromatic nitrogens is 3. The van der Waals surface area contributed by atoms with Crippen LogP contribution < -0.4 is 5.32 Å². The van der Waals surface area contributed by atoms with Crippen molar-refractivity contribution in [1.82, 2.24) is 20.1 Å². The van der Waals surface area contributed by atoms with Crippen LogP contribution in [-0.2, 0) is 9.84 Å². The second kappa shape index (κ2) is 6.87. The molecule has 8 heteroatoms. The summed E-state index contributed by atoms with van der Waals surface area (Å²) in [6, 6.07) is 18.9. The fourth-order valence-corrected chi connectivity index (χ4v) is 5.46. The minimum Gasteiger partial charge on any atom is -0.343 e. The van der Waals surface area contributed by atoms with Gasteiger partial charge < -0.3 is 5.32 Å². The van der Waals surface area contributed by atoms with Crippen molar-refractivity contribution in [2.75, 3.05) is 11.5 Å². The van der Waals surface area contributed by atoms with Crippen LogP contribution in [0.1, 0.15) is 24.0 Å². The summed E-state index contributed by atoms with van der Waals surface area (Å²) < 4.78 is 25.2. The fraction of sp³-hybridized carbons (Fsp3) is 0.250. The molecule has 2 aromatic carbocycles. The maximum Gasteiger partial charge on any atom is 0.291 e. The van der Waals surface area contributed by atoms with Gasteiger partial charge in [0.05, 0.1) is 22.7 Å². The highest BCUT2D eigenvalue weighted by Gasteiger charge is 2.40. The summed E-state index contributed by atoms with van der Waals surface area (Å²) in [6.45, 7) is 1.74. The van der Waals surface area contributed by atoms with E-state index in [-0.39, 0.29) is 17.3 Å². The van der Waals surface area contributed by atoms with E-state index in [9.17, 15) is 13.2 Å². The Labute approximate surface area is 163 Å². The average molecular weight is 396 g/mol. The lowest BCUT2D eigenvalue weighted by Crippen LogP contribution is -2.47. The summed E-state index contributed by atoms with van der Waals surface area (Å²) in [5.41, 5.74) is 0.802. The smallest absolute Gasteiger partial charge is 0.291 e. The summed E-state index contributed by atoms with van der Waals surface area (Å²) in [4.78, 5) is 17.3. The third-order valence-corrected chi connectivity index (χ3v) is 6.66. The highest BCUT2D eigenvalue weighted by atomic mass is 32.2. The summed E-state index contributed by atoms with van der Waals surface area (Å²) in [7, 11) is -3.13. The van der Waals surface area contributed by atoms with Crippen molar-refractivity contribution < 1.29 is 13.2 Å². The average Bonchev–Trinajstić information content (AvgIpc) is 3.24. The second-order valence-corrected chi connectivity index (χ2v) is 9.41. The molecule has 0 bridgehead atoms. The van der Waals surface area contributed by atoms with Crippen LogP contribution in [0.4, 0.5) is 0 Å². The highest BCUT2D eigenvalue weighted by molar-refractivity contribution is 7.91. The molecule has 1 amide bonds. The number of hydrogen-bond donors (Lipinski definition) is 1. The first kappa shape index (κ1) is 18.4. The lowest BCUT2D eigenvalue weighted by atomic mass is 10.0. The third kappa shape index (κ3) is 3.68. The van der Waals surface area contributed by atoms with Gasteiger partial charge in [-0.3, -0.25) is 4.79 Å². The zero-order valence-electron chi connectivity index (χ0n) is 15.4. The number of sulfone groups is 1. The van der Waals surface area contributed by atoms with Crippen molar-refractivity contribution in [2.24, 2.45) is 0 Å². The van der Waals surface area contributed by atoms with E-state index in [1.165, 1.54) is 0 Å². The van der Waals surface area contributed by atoms with Gasteiger partial charge in [-0.2, -0.15) is 0 Å². The zero-order valence-corrected chi connectivity index (χ0v) is 16.2. The van der Waals surface area contributed by atoms with Gasteiger partial charge in [-0.05, 0) is 25.5 Å². The second-order valence-electron chi connectivity index (χ2n) is 7.23. The first-order chi connectivity index (χ1) is 13.4. The van der Waals surface area contributed by atoms with Crippen LogP contribution in [0, 0.1) is 0 Å². The Morgan fingerprint density at radius 2 is 1.71 bits per heavy atom. The van der Waals surface area contributed by atoms with E-state index in [0.29, 0.717) is 12.2 Å². The van der Waals surface area contributed by atoms with Gasteiger partial charge in [0.1, 0.15) is 0 Å². The summed E-state index contributed by atoms with van der Waals surface area (Å²) >= 11 is 0. The normalized spacial score (nSPS) is 20.8. The molecular weight excluding hydrogens is 376 g/mol. The third-order valence-electron chi connectivity index (χ3n) is 4.76. The van der Waals surface area contributed by atoms with E-state index in [2.05, 4.69) is 15.4 Å². The van der Waals surface area contributed by atoms with Crippen molar-refractivity contribution >= 4 is 15.7 Å². The molecule has 28 heavy (non-hydrogen) atoms. The fourth-order valence-electron chi connectivity index (χ4n) is 3.37. The van der Waals surface area contributed by atoms with Crippen molar-refractivity contribution in [1.29, 1.82) is 0 Å². The molecule has 4 rings (SSSR count). The molecule has 1 N–H and O–H groups in total. The van der Waals surface area contributed by atoms with Gasteiger partial charge in [-0.25, -0.2) is 18.1 Å². The van der Waals surface area contributed by atoms with Crippen LogP contribution in [-0.4, -0.2) is 46.1 Å². The number of benzene rings is 2. The molecule has 1 aliphatic heterocycles. The molecule has 0 unspecified atom stereocenters. The maximum atomic E-state index is 12.8. The van der Waals surface area contributed by atoms with Crippen molar-refractivity contribution in [3.8, 4) is 17.1 Å². The summed E-state index contributed by atoms with van der Waals surface area (Å²) in [5, 5.41) is 7.22. The number of carbonyl (C=O) groups is 1. The molecule has 0 aliphatic carbocycles. The van der Waals surface area contributed by atoms with Crippen molar-refractivity contribution in [3.05, 3.63) is 66.5 Å². The minimum absolute atomic E-state index is 0.00762. The predicted octanol–water partition coefficient (Wildman–Crippen LogP) is 2.24. The molecule has 2 heterocycles. The largest absolute Gasteiger partial charge is 0.343 e. The Balaban J connectivity index is 1.71. The van der Waals surface area contributed by atoms with Gasteiger partial charge in [-0.15, -0.1) is 5.10 Å². The molecule has 1 aromatic heterocycles. The Morgan fingerprint density at radius 3 is 2.32 bits per heavy atom. The van der Waals surface area contributed by atoms with Crippen molar-refractivity contribution in [2.45, 2.75) is 18.9 Å². The van der Waals surface area contributed by atoms with Gasteiger partial charge in [0.2, 0.25) is 5.82 Å². The number of carbonyl (C=O) groups excluding carboxylic acids is 1. The molecule has 0 spiro atoms. The monoisotopic (exact) mass is 396 g/mol. The standard InChI is InChI=1S/C20H20N4O3S/c1-20(12-13-28(26,27)14-20)22-19(25)17-21-18(15-8-4-2-5-9-15)24(23-17)16-10-6-3-7-11-16/h2-11H,12-14H2,1H3,(H,22,25)/t20-/m0/s1. The van der Waals surface area contributed by atoms with E-state index in [0.717, 1.165) is 11.3 Å². The molecule has 0 radical (unpaired) electrons. The number of rotatable bonds is 4. The van der Waals surface area contributed by atoms with Crippen LogP contribution in [0.5, 0.6) is 0 Å². The maximum absolute atomic E-state index is 12.8. The summed E-state index contributed by atoms with van der Waals surface area (Å²) in [6.07, 6.45) is 0.381. The van der Waals surface area contributed by atoms with Crippen molar-refractivity contribution in [3.63, 3.8) is 0 Å². The molecule has 1 aliphatic rings. The summed E-state index contributed by atoms with van der Waals surface area (Å²) in [5.74, 6) is 0.0718. The number of para-hydroxylation sites is 1. The number of nitrogens with one attached hydrogen (secondary N) is 1. The molecule has 1 fully saturated rings. The Kier molecular flexibility index (Phi) is 4.50. The van der Waals surface area contributed by atoms with Crippen LogP contribution in [0.3, 0.4) is 0 Å². The number of nitrogens with zero attached hydrogens (tertiary/aromatic N) is 3. The van der Waals surface area contributed by atoms with Crippen LogP contribution in [0.2, 0.25) is 0 Å². The molecule has 144 valence electrons. The lowest BCUT2D eigenvalue weighted by Gasteiger charge is -2.22. The number of hydrogen-bond acceptors (Lipinski definition) is 5. The van der Waals surface area contributed by atoms with Gasteiger partial charge >= 0.3 is 0 Å². The van der Waals surface area contributed by atoms with Gasteiger partial charge in [-0.1, -0.05) is 48.5 Å². The van der Waals surface area contributed by atoms with E-state index >= 15 is 0 Å². The minimum atomic E-state index is -3.13. The highest BCUT2D eigenvalue weighted by Crippen LogP contribution is 2.24. The first-order valence-electron chi connectivity index (χ1n) is 8.96. The Bertz CT molecular complexity index is 1050. The molecular formula is C20H20N4O3S. The van der Waals surface area contributed by atoms with Crippen LogP contribution in [0.15, 0.2) is 60.7 Å². The Hall–Kier alpha value is -3.00. The first-order valence-corrected chi connectivity index (χ1v) is 10.8. The van der Waals surface area contributed by atoms with Crippen LogP contribution in [0.25, 0.3) is 17.1 Å². The molecule has 0 saturated carbocycles. The van der Waals surface area contributed by atoms with Gasteiger partial charge in [0.15, 0.2) is 15.7 Å². The quantitative estimate of drug-likeness (QED) is 0.730. The molecule has 3 aromatic rings. The van der Waals surface area contributed by atoms with Gasteiger partial charge in [0.25, 0.3) is 5.91 Å². The van der Waals surface area contributed by atoms with Crippen LogP contribution >= 0.6 is 0 Å². The van der Waals surface area contributed by atoms with E-state index in [1.807, 2.05) is 60.7 Å². The van der Waals surface area contributed by atoms with E-state index in [4.69, 9.17) is 0 Å². The van der Waals surface area contributed by atoms with E-state index < -0.39 is 21.3 Å². The Morgan fingerprint density at radius 1 is 1.07 bits per heavy atom. The van der Waals surface area contributed by atoms with Gasteiger partial charge in [0, 0.05) is 5.56 Å². The molecule has 7 nitrogen and oxygen atoms in total. The lowest BCUT2D eigenvalue weighted by molar-refractivity contribution is 0.0904.